The van der Waals surface area contributed by atoms with E-state index in [9.17, 15) is 13.2 Å². The second-order valence-corrected chi connectivity index (χ2v) is 4.57. The Morgan fingerprint density at radius 3 is 2.39 bits per heavy atom. The summed E-state index contributed by atoms with van der Waals surface area (Å²) in [5.41, 5.74) is 0.836. The Kier molecular flexibility index (Phi) is 3.91. The van der Waals surface area contributed by atoms with Crippen LogP contribution in [-0.2, 0) is 6.54 Å². The molecular weight excluding hydrogens is 307 g/mol. The lowest BCUT2D eigenvalue weighted by Gasteiger charge is -2.08. The van der Waals surface area contributed by atoms with Crippen molar-refractivity contribution in [1.82, 2.24) is 0 Å². The molecule has 0 atom stereocenters. The molecule has 0 aliphatic heterocycles. The number of nitrogens with one attached hydrogen (secondary N) is 1. The Labute approximate surface area is 111 Å². The third-order valence-corrected chi connectivity index (χ3v) is 3.02. The first-order valence-corrected chi connectivity index (χ1v) is 5.98. The molecule has 0 aromatic heterocycles. The van der Waals surface area contributed by atoms with Gasteiger partial charge in [-0.25, -0.2) is 13.2 Å². The maximum absolute atomic E-state index is 13.3. The van der Waals surface area contributed by atoms with Gasteiger partial charge in [-0.1, -0.05) is 0 Å². The van der Waals surface area contributed by atoms with Gasteiger partial charge in [0.15, 0.2) is 0 Å². The second kappa shape index (κ2) is 5.44. The highest BCUT2D eigenvalue weighted by molar-refractivity contribution is 9.10. The molecule has 1 N–H and O–H groups in total. The van der Waals surface area contributed by atoms with E-state index in [1.54, 1.807) is 0 Å². The molecule has 94 valence electrons. The van der Waals surface area contributed by atoms with E-state index in [0.29, 0.717) is 10.2 Å². The topological polar surface area (TPSA) is 12.0 Å². The van der Waals surface area contributed by atoms with Crippen LogP contribution in [0.4, 0.5) is 18.9 Å². The van der Waals surface area contributed by atoms with Gasteiger partial charge >= 0.3 is 0 Å². The lowest BCUT2D eigenvalue weighted by Crippen LogP contribution is -2.02. The van der Waals surface area contributed by atoms with E-state index >= 15 is 0 Å². The summed E-state index contributed by atoms with van der Waals surface area (Å²) in [6, 6.07) is 7.61. The molecule has 0 saturated carbocycles. The summed E-state index contributed by atoms with van der Waals surface area (Å²) in [5, 5.41) is 2.89. The zero-order chi connectivity index (χ0) is 13.1. The maximum atomic E-state index is 13.3. The van der Waals surface area contributed by atoms with E-state index in [0.717, 1.165) is 18.2 Å². The van der Waals surface area contributed by atoms with Crippen molar-refractivity contribution >= 4 is 21.6 Å². The summed E-state index contributed by atoms with van der Waals surface area (Å²) < 4.78 is 39.6. The minimum absolute atomic E-state index is 0.127. The Hall–Kier alpha value is -1.49. The van der Waals surface area contributed by atoms with Crippen LogP contribution in [0.15, 0.2) is 40.9 Å². The molecule has 0 radical (unpaired) electrons. The molecule has 0 amide bonds. The van der Waals surface area contributed by atoms with Gasteiger partial charge in [-0.05, 0) is 52.3 Å². The van der Waals surface area contributed by atoms with Crippen LogP contribution in [0.1, 0.15) is 5.56 Å². The molecule has 0 spiro atoms. The van der Waals surface area contributed by atoms with Crippen molar-refractivity contribution in [3.8, 4) is 0 Å². The molecule has 1 nitrogen and oxygen atoms in total. The zero-order valence-electron chi connectivity index (χ0n) is 9.18. The van der Waals surface area contributed by atoms with Gasteiger partial charge in [0.25, 0.3) is 0 Å². The Balaban J connectivity index is 2.11. The molecule has 2 rings (SSSR count). The van der Waals surface area contributed by atoms with Crippen LogP contribution in [-0.4, -0.2) is 0 Å². The van der Waals surface area contributed by atoms with Crippen LogP contribution < -0.4 is 5.32 Å². The SMILES string of the molecule is Fc1ccc(F)c(CNc2ccc(F)c(Br)c2)c1. The number of rotatable bonds is 3. The summed E-state index contributed by atoms with van der Waals surface area (Å²) in [4.78, 5) is 0. The summed E-state index contributed by atoms with van der Waals surface area (Å²) in [6.45, 7) is 0.127. The number of anilines is 1. The molecule has 0 heterocycles. The molecule has 2 aromatic carbocycles. The minimum atomic E-state index is -0.492. The van der Waals surface area contributed by atoms with Crippen LogP contribution in [0.5, 0.6) is 0 Å². The number of benzene rings is 2. The van der Waals surface area contributed by atoms with Crippen molar-refractivity contribution < 1.29 is 13.2 Å². The fourth-order valence-electron chi connectivity index (χ4n) is 1.48. The number of hydrogen-bond acceptors (Lipinski definition) is 1. The maximum Gasteiger partial charge on any atom is 0.137 e. The normalized spacial score (nSPS) is 10.4. The second-order valence-electron chi connectivity index (χ2n) is 3.72. The minimum Gasteiger partial charge on any atom is -0.381 e. The smallest absolute Gasteiger partial charge is 0.137 e. The molecule has 0 unspecified atom stereocenters. The predicted molar refractivity (Wildman–Crippen MR) is 67.8 cm³/mol. The monoisotopic (exact) mass is 315 g/mol. The van der Waals surface area contributed by atoms with Crippen molar-refractivity contribution in [3.63, 3.8) is 0 Å². The Morgan fingerprint density at radius 2 is 1.67 bits per heavy atom. The van der Waals surface area contributed by atoms with Crippen LogP contribution in [0.2, 0.25) is 0 Å². The average Bonchev–Trinajstić information content (AvgIpc) is 2.34. The Morgan fingerprint density at radius 1 is 0.944 bits per heavy atom. The van der Waals surface area contributed by atoms with Gasteiger partial charge in [0.1, 0.15) is 17.5 Å². The van der Waals surface area contributed by atoms with Gasteiger partial charge in [-0.2, -0.15) is 0 Å². The zero-order valence-corrected chi connectivity index (χ0v) is 10.8. The quantitative estimate of drug-likeness (QED) is 0.880. The third-order valence-electron chi connectivity index (χ3n) is 2.41. The van der Waals surface area contributed by atoms with Gasteiger partial charge in [0, 0.05) is 17.8 Å². The van der Waals surface area contributed by atoms with Crippen molar-refractivity contribution in [2.75, 3.05) is 5.32 Å². The lowest BCUT2D eigenvalue weighted by molar-refractivity contribution is 0.587. The molecule has 5 heteroatoms. The Bertz CT molecular complexity index is 572. The summed E-state index contributed by atoms with van der Waals surface area (Å²) >= 11 is 3.05. The number of halogens is 4. The van der Waals surface area contributed by atoms with Crippen LogP contribution >= 0.6 is 15.9 Å². The van der Waals surface area contributed by atoms with Crippen LogP contribution in [0.25, 0.3) is 0 Å². The predicted octanol–water partition coefficient (Wildman–Crippen LogP) is 4.48. The van der Waals surface area contributed by atoms with Crippen molar-refractivity contribution in [2.45, 2.75) is 6.54 Å². The van der Waals surface area contributed by atoms with E-state index in [4.69, 9.17) is 0 Å². The van der Waals surface area contributed by atoms with Crippen molar-refractivity contribution in [3.05, 3.63) is 63.9 Å². The molecule has 0 saturated heterocycles. The molecule has 0 aliphatic rings. The van der Waals surface area contributed by atoms with Gasteiger partial charge in [0.05, 0.1) is 4.47 Å². The highest BCUT2D eigenvalue weighted by Gasteiger charge is 2.05. The van der Waals surface area contributed by atoms with Crippen LogP contribution in [0.3, 0.4) is 0 Å². The molecule has 2 aromatic rings. The highest BCUT2D eigenvalue weighted by Crippen LogP contribution is 2.21. The van der Waals surface area contributed by atoms with E-state index < -0.39 is 11.6 Å². The summed E-state index contributed by atoms with van der Waals surface area (Å²) in [6.07, 6.45) is 0. The highest BCUT2D eigenvalue weighted by atomic mass is 79.9. The number of hydrogen-bond donors (Lipinski definition) is 1. The van der Waals surface area contributed by atoms with Gasteiger partial charge in [0.2, 0.25) is 0 Å². The first-order chi connectivity index (χ1) is 8.56. The largest absolute Gasteiger partial charge is 0.381 e. The van der Waals surface area contributed by atoms with Crippen molar-refractivity contribution in [1.29, 1.82) is 0 Å². The molecule has 18 heavy (non-hydrogen) atoms. The van der Waals surface area contributed by atoms with E-state index in [-0.39, 0.29) is 17.9 Å². The summed E-state index contributed by atoms with van der Waals surface area (Å²) in [5.74, 6) is -1.35. The van der Waals surface area contributed by atoms with Gasteiger partial charge < -0.3 is 5.32 Å². The van der Waals surface area contributed by atoms with E-state index in [1.807, 2.05) is 0 Å². The molecule has 0 bridgehead atoms. The van der Waals surface area contributed by atoms with E-state index in [2.05, 4.69) is 21.2 Å². The third kappa shape index (κ3) is 3.04. The lowest BCUT2D eigenvalue weighted by atomic mass is 10.2. The molecular formula is C13H9BrF3N. The van der Waals surface area contributed by atoms with Crippen LogP contribution in [0, 0.1) is 17.5 Å². The van der Waals surface area contributed by atoms with E-state index in [1.165, 1.54) is 18.2 Å². The fourth-order valence-corrected chi connectivity index (χ4v) is 1.86. The van der Waals surface area contributed by atoms with Gasteiger partial charge in [-0.3, -0.25) is 0 Å². The average molecular weight is 316 g/mol. The van der Waals surface area contributed by atoms with Crippen molar-refractivity contribution in [2.24, 2.45) is 0 Å². The summed E-state index contributed by atoms with van der Waals surface area (Å²) in [7, 11) is 0. The standard InChI is InChI=1S/C13H9BrF3N/c14-11-6-10(2-4-13(11)17)18-7-8-5-9(15)1-3-12(8)16/h1-6,18H,7H2. The molecule has 0 fully saturated rings. The first kappa shape index (κ1) is 13.0. The first-order valence-electron chi connectivity index (χ1n) is 5.19. The van der Waals surface area contributed by atoms with Gasteiger partial charge in [-0.15, -0.1) is 0 Å². The fraction of sp³-hybridized carbons (Fsp3) is 0.0769. The molecule has 0 aliphatic carbocycles.